The molecule has 1 atom stereocenters. The lowest BCUT2D eigenvalue weighted by atomic mass is 10.0. The summed E-state index contributed by atoms with van der Waals surface area (Å²) < 4.78 is 0. The standard InChI is InChI=1S/C12H26O2.C2H3N/c1-2-3-4-5-6-9-12(14)10-7-8-11-13;1-2-3/h12-14H,2-11H2,1H3;1H3. The van der Waals surface area contributed by atoms with Crippen LogP contribution in [0.25, 0.3) is 0 Å². The first kappa shape index (κ1) is 18.8. The molecule has 0 spiro atoms. The minimum atomic E-state index is -0.136. The van der Waals surface area contributed by atoms with Crippen molar-refractivity contribution in [1.82, 2.24) is 0 Å². The zero-order valence-corrected chi connectivity index (χ0v) is 11.5. The largest absolute Gasteiger partial charge is 0.396 e. The zero-order chi connectivity index (χ0) is 13.4. The van der Waals surface area contributed by atoms with Crippen LogP contribution in [0.5, 0.6) is 0 Å². The van der Waals surface area contributed by atoms with E-state index in [4.69, 9.17) is 10.4 Å². The van der Waals surface area contributed by atoms with Gasteiger partial charge in [-0.3, -0.25) is 0 Å². The van der Waals surface area contributed by atoms with Gasteiger partial charge < -0.3 is 10.2 Å². The third-order valence-electron chi connectivity index (χ3n) is 2.59. The fourth-order valence-corrected chi connectivity index (χ4v) is 1.62. The summed E-state index contributed by atoms with van der Waals surface area (Å²) in [7, 11) is 0. The molecule has 0 aliphatic carbocycles. The fraction of sp³-hybridized carbons (Fsp3) is 0.929. The van der Waals surface area contributed by atoms with E-state index in [9.17, 15) is 5.11 Å². The molecule has 0 fully saturated rings. The van der Waals surface area contributed by atoms with Gasteiger partial charge in [-0.05, 0) is 25.7 Å². The summed E-state index contributed by atoms with van der Waals surface area (Å²) >= 11 is 0. The summed E-state index contributed by atoms with van der Waals surface area (Å²) in [5, 5.41) is 25.4. The van der Waals surface area contributed by atoms with Crippen LogP contribution in [0.3, 0.4) is 0 Å². The van der Waals surface area contributed by atoms with Crippen molar-refractivity contribution in [2.75, 3.05) is 6.61 Å². The van der Waals surface area contributed by atoms with Crippen LogP contribution in [0.2, 0.25) is 0 Å². The van der Waals surface area contributed by atoms with E-state index >= 15 is 0 Å². The molecule has 0 bridgehead atoms. The molecular weight excluding hydrogens is 214 g/mol. The Balaban J connectivity index is 0. The van der Waals surface area contributed by atoms with Crippen LogP contribution < -0.4 is 0 Å². The van der Waals surface area contributed by atoms with Crippen LogP contribution in [0.1, 0.15) is 71.6 Å². The molecule has 0 saturated carbocycles. The molecule has 0 heterocycles. The van der Waals surface area contributed by atoms with Crippen molar-refractivity contribution in [2.24, 2.45) is 0 Å². The van der Waals surface area contributed by atoms with Gasteiger partial charge in [-0.2, -0.15) is 5.26 Å². The van der Waals surface area contributed by atoms with Crippen molar-refractivity contribution in [2.45, 2.75) is 77.7 Å². The average Bonchev–Trinajstić information content (AvgIpc) is 2.30. The predicted octanol–water partition coefficient (Wildman–Crippen LogP) is 3.40. The molecule has 0 radical (unpaired) electrons. The minimum absolute atomic E-state index is 0.136. The first-order chi connectivity index (χ1) is 8.22. The van der Waals surface area contributed by atoms with Gasteiger partial charge in [0, 0.05) is 13.5 Å². The summed E-state index contributed by atoms with van der Waals surface area (Å²) in [6, 6.07) is 1.75. The van der Waals surface area contributed by atoms with Crippen molar-refractivity contribution in [1.29, 1.82) is 5.26 Å². The molecule has 3 nitrogen and oxygen atoms in total. The second-order valence-electron chi connectivity index (χ2n) is 4.30. The summed E-state index contributed by atoms with van der Waals surface area (Å²) in [4.78, 5) is 0. The first-order valence-electron chi connectivity index (χ1n) is 6.82. The summed E-state index contributed by atoms with van der Waals surface area (Å²) in [5.41, 5.74) is 0. The molecule has 0 aromatic carbocycles. The Morgan fingerprint density at radius 2 is 1.47 bits per heavy atom. The van der Waals surface area contributed by atoms with Gasteiger partial charge in [0.15, 0.2) is 0 Å². The molecule has 0 aromatic heterocycles. The van der Waals surface area contributed by atoms with Crippen LogP contribution in [-0.2, 0) is 0 Å². The highest BCUT2D eigenvalue weighted by Crippen LogP contribution is 2.11. The van der Waals surface area contributed by atoms with E-state index in [1.54, 1.807) is 6.07 Å². The molecule has 17 heavy (non-hydrogen) atoms. The van der Waals surface area contributed by atoms with E-state index in [1.165, 1.54) is 32.6 Å². The molecule has 3 heteroatoms. The summed E-state index contributed by atoms with van der Waals surface area (Å²) in [6.07, 6.45) is 9.75. The number of nitrogens with zero attached hydrogens (tertiary/aromatic N) is 1. The minimum Gasteiger partial charge on any atom is -0.396 e. The maximum absolute atomic E-state index is 9.55. The lowest BCUT2D eigenvalue weighted by Gasteiger charge is -2.09. The highest BCUT2D eigenvalue weighted by Gasteiger charge is 2.02. The quantitative estimate of drug-likeness (QED) is 0.578. The molecule has 0 amide bonds. The molecule has 0 rings (SSSR count). The Morgan fingerprint density at radius 3 is 1.94 bits per heavy atom. The smallest absolute Gasteiger partial charge is 0.0587 e. The molecule has 102 valence electrons. The predicted molar refractivity (Wildman–Crippen MR) is 71.6 cm³/mol. The summed E-state index contributed by atoms with van der Waals surface area (Å²) in [6.45, 7) is 3.90. The van der Waals surface area contributed by atoms with Crippen LogP contribution in [0.15, 0.2) is 0 Å². The number of hydrogen-bond donors (Lipinski definition) is 2. The molecule has 2 N–H and O–H groups in total. The van der Waals surface area contributed by atoms with Crippen LogP contribution in [0.4, 0.5) is 0 Å². The van der Waals surface area contributed by atoms with Crippen LogP contribution in [0, 0.1) is 11.3 Å². The van der Waals surface area contributed by atoms with Crippen molar-refractivity contribution in [3.63, 3.8) is 0 Å². The van der Waals surface area contributed by atoms with Crippen LogP contribution >= 0.6 is 0 Å². The summed E-state index contributed by atoms with van der Waals surface area (Å²) in [5.74, 6) is 0. The van der Waals surface area contributed by atoms with Gasteiger partial charge in [0.1, 0.15) is 0 Å². The number of aliphatic hydroxyl groups is 2. The van der Waals surface area contributed by atoms with E-state index in [0.29, 0.717) is 0 Å². The zero-order valence-electron chi connectivity index (χ0n) is 11.5. The van der Waals surface area contributed by atoms with E-state index in [-0.39, 0.29) is 12.7 Å². The van der Waals surface area contributed by atoms with Gasteiger partial charge in [-0.25, -0.2) is 0 Å². The SMILES string of the molecule is CC#N.CCCCCCCC(O)CCCCO. The molecule has 0 aromatic rings. The molecule has 0 saturated heterocycles. The lowest BCUT2D eigenvalue weighted by molar-refractivity contribution is 0.144. The van der Waals surface area contributed by atoms with Gasteiger partial charge in [-0.15, -0.1) is 0 Å². The van der Waals surface area contributed by atoms with E-state index in [1.807, 2.05) is 0 Å². The molecule has 0 aliphatic heterocycles. The Labute approximate surface area is 106 Å². The van der Waals surface area contributed by atoms with Gasteiger partial charge >= 0.3 is 0 Å². The van der Waals surface area contributed by atoms with Crippen molar-refractivity contribution in [3.05, 3.63) is 0 Å². The van der Waals surface area contributed by atoms with Crippen molar-refractivity contribution >= 4 is 0 Å². The van der Waals surface area contributed by atoms with Crippen molar-refractivity contribution in [3.8, 4) is 6.07 Å². The van der Waals surface area contributed by atoms with E-state index in [2.05, 4.69) is 6.92 Å². The average molecular weight is 243 g/mol. The third-order valence-corrected chi connectivity index (χ3v) is 2.59. The Hall–Kier alpha value is -0.590. The van der Waals surface area contributed by atoms with E-state index < -0.39 is 0 Å². The third kappa shape index (κ3) is 21.3. The van der Waals surface area contributed by atoms with Gasteiger partial charge in [0.05, 0.1) is 12.2 Å². The number of hydrogen-bond acceptors (Lipinski definition) is 3. The number of nitriles is 1. The fourth-order valence-electron chi connectivity index (χ4n) is 1.62. The maximum Gasteiger partial charge on any atom is 0.0587 e. The highest BCUT2D eigenvalue weighted by atomic mass is 16.3. The van der Waals surface area contributed by atoms with Crippen LogP contribution in [-0.4, -0.2) is 22.9 Å². The molecular formula is C14H29NO2. The van der Waals surface area contributed by atoms with Crippen molar-refractivity contribution < 1.29 is 10.2 Å². The van der Waals surface area contributed by atoms with Gasteiger partial charge in [0.25, 0.3) is 0 Å². The highest BCUT2D eigenvalue weighted by molar-refractivity contribution is 4.56. The first-order valence-corrected chi connectivity index (χ1v) is 6.82. The Morgan fingerprint density at radius 1 is 1.00 bits per heavy atom. The molecule has 0 aliphatic rings. The monoisotopic (exact) mass is 243 g/mol. The molecule has 1 unspecified atom stereocenters. The second-order valence-corrected chi connectivity index (χ2v) is 4.30. The van der Waals surface area contributed by atoms with Gasteiger partial charge in [0.2, 0.25) is 0 Å². The lowest BCUT2D eigenvalue weighted by Crippen LogP contribution is -2.06. The second kappa shape index (κ2) is 17.8. The number of rotatable bonds is 10. The number of unbranched alkanes of at least 4 members (excludes halogenated alkanes) is 5. The maximum atomic E-state index is 9.55. The normalized spacial score (nSPS) is 11.2. The number of aliphatic hydroxyl groups excluding tert-OH is 2. The Bertz CT molecular complexity index is 166. The topological polar surface area (TPSA) is 64.2 Å². The Kier molecular flexibility index (Phi) is 19.6. The van der Waals surface area contributed by atoms with Gasteiger partial charge in [-0.1, -0.05) is 39.0 Å². The van der Waals surface area contributed by atoms with E-state index in [0.717, 1.165) is 32.1 Å².